The van der Waals surface area contributed by atoms with Crippen molar-refractivity contribution in [3.05, 3.63) is 23.8 Å². The average molecular weight is 201 g/mol. The van der Waals surface area contributed by atoms with Crippen molar-refractivity contribution in [1.82, 2.24) is 0 Å². The molecule has 0 saturated heterocycles. The second kappa shape index (κ2) is 3.97. The van der Waals surface area contributed by atoms with E-state index in [1.807, 2.05) is 0 Å². The standard InChI is InChI=1S/C9H13Br/c1-2-8-4-3-5-9(10)7-6-8/h3,5-6,9H,2,4,7H2,1H3. The number of rotatable bonds is 1. The van der Waals surface area contributed by atoms with E-state index in [-0.39, 0.29) is 0 Å². The van der Waals surface area contributed by atoms with Crippen LogP contribution in [0.5, 0.6) is 0 Å². The molecule has 0 heterocycles. The van der Waals surface area contributed by atoms with Gasteiger partial charge in [-0.25, -0.2) is 0 Å². The van der Waals surface area contributed by atoms with Crippen molar-refractivity contribution in [2.45, 2.75) is 31.0 Å². The van der Waals surface area contributed by atoms with Crippen LogP contribution < -0.4 is 0 Å². The second-order valence-corrected chi connectivity index (χ2v) is 3.78. The van der Waals surface area contributed by atoms with Crippen LogP contribution in [0.2, 0.25) is 0 Å². The van der Waals surface area contributed by atoms with Crippen LogP contribution >= 0.6 is 15.9 Å². The molecular weight excluding hydrogens is 188 g/mol. The average Bonchev–Trinajstić information content (AvgIpc) is 2.14. The Morgan fingerprint density at radius 2 is 2.50 bits per heavy atom. The van der Waals surface area contributed by atoms with Crippen LogP contribution in [0.25, 0.3) is 0 Å². The molecule has 0 bridgehead atoms. The zero-order chi connectivity index (χ0) is 7.40. The Morgan fingerprint density at radius 1 is 1.70 bits per heavy atom. The molecule has 0 spiro atoms. The van der Waals surface area contributed by atoms with Crippen molar-refractivity contribution in [2.24, 2.45) is 0 Å². The Labute approximate surface area is 71.1 Å². The van der Waals surface area contributed by atoms with Gasteiger partial charge in [-0.1, -0.05) is 46.7 Å². The summed E-state index contributed by atoms with van der Waals surface area (Å²) in [6.07, 6.45) is 10.3. The SMILES string of the molecule is CCC1=CCC(Br)C=CC1. The highest BCUT2D eigenvalue weighted by Gasteiger charge is 2.01. The molecule has 0 N–H and O–H groups in total. The summed E-state index contributed by atoms with van der Waals surface area (Å²) in [6.45, 7) is 2.22. The maximum absolute atomic E-state index is 3.56. The predicted molar refractivity (Wildman–Crippen MR) is 49.5 cm³/mol. The lowest BCUT2D eigenvalue weighted by molar-refractivity contribution is 1.01. The van der Waals surface area contributed by atoms with E-state index in [2.05, 4.69) is 41.1 Å². The highest BCUT2D eigenvalue weighted by molar-refractivity contribution is 9.09. The molecule has 1 atom stereocenters. The summed E-state index contributed by atoms with van der Waals surface area (Å²) in [4.78, 5) is 0.566. The van der Waals surface area contributed by atoms with E-state index in [1.165, 1.54) is 6.42 Å². The summed E-state index contributed by atoms with van der Waals surface area (Å²) in [5, 5.41) is 0. The van der Waals surface area contributed by atoms with Crippen molar-refractivity contribution in [2.75, 3.05) is 0 Å². The lowest BCUT2D eigenvalue weighted by Crippen LogP contribution is -1.86. The molecule has 0 aromatic rings. The molecule has 0 fully saturated rings. The Morgan fingerprint density at radius 3 is 3.20 bits per heavy atom. The Kier molecular flexibility index (Phi) is 3.20. The molecule has 56 valence electrons. The summed E-state index contributed by atoms with van der Waals surface area (Å²) in [7, 11) is 0. The van der Waals surface area contributed by atoms with Gasteiger partial charge in [-0.3, -0.25) is 0 Å². The monoisotopic (exact) mass is 200 g/mol. The Bertz CT molecular complexity index is 156. The highest BCUT2D eigenvalue weighted by Crippen LogP contribution is 2.18. The van der Waals surface area contributed by atoms with Gasteiger partial charge in [-0.15, -0.1) is 0 Å². The number of allylic oxidation sites excluding steroid dienone is 4. The molecule has 1 heteroatoms. The van der Waals surface area contributed by atoms with E-state index in [9.17, 15) is 0 Å². The molecule has 0 aromatic heterocycles. The van der Waals surface area contributed by atoms with Gasteiger partial charge in [0.1, 0.15) is 0 Å². The minimum atomic E-state index is 0.566. The fourth-order valence-corrected chi connectivity index (χ4v) is 1.50. The van der Waals surface area contributed by atoms with Crippen molar-refractivity contribution in [3.8, 4) is 0 Å². The first-order chi connectivity index (χ1) is 4.83. The third-order valence-corrected chi connectivity index (χ3v) is 2.49. The van der Waals surface area contributed by atoms with Crippen LogP contribution in [0.1, 0.15) is 26.2 Å². The minimum absolute atomic E-state index is 0.566. The lowest BCUT2D eigenvalue weighted by Gasteiger charge is -1.97. The molecule has 0 aromatic carbocycles. The van der Waals surface area contributed by atoms with E-state index < -0.39 is 0 Å². The van der Waals surface area contributed by atoms with Gasteiger partial charge >= 0.3 is 0 Å². The zero-order valence-electron chi connectivity index (χ0n) is 6.31. The van der Waals surface area contributed by atoms with E-state index in [0.29, 0.717) is 4.83 Å². The van der Waals surface area contributed by atoms with Gasteiger partial charge in [-0.2, -0.15) is 0 Å². The topological polar surface area (TPSA) is 0 Å². The summed E-state index contributed by atoms with van der Waals surface area (Å²) in [6, 6.07) is 0. The quantitative estimate of drug-likeness (QED) is 0.450. The maximum Gasteiger partial charge on any atom is 0.0360 e. The molecule has 1 unspecified atom stereocenters. The van der Waals surface area contributed by atoms with Crippen LogP contribution in [-0.4, -0.2) is 4.83 Å². The van der Waals surface area contributed by atoms with Crippen molar-refractivity contribution in [3.63, 3.8) is 0 Å². The van der Waals surface area contributed by atoms with Gasteiger partial charge in [-0.05, 0) is 19.3 Å². The molecule has 10 heavy (non-hydrogen) atoms. The Hall–Kier alpha value is -0.0400. The first-order valence-corrected chi connectivity index (χ1v) is 4.73. The van der Waals surface area contributed by atoms with E-state index in [1.54, 1.807) is 5.57 Å². The summed E-state index contributed by atoms with van der Waals surface area (Å²) in [5.41, 5.74) is 1.57. The molecule has 0 amide bonds. The fourth-order valence-electron chi connectivity index (χ4n) is 1.10. The third kappa shape index (κ3) is 2.30. The summed E-state index contributed by atoms with van der Waals surface area (Å²) in [5.74, 6) is 0. The molecule has 0 radical (unpaired) electrons. The molecule has 1 rings (SSSR count). The molecule has 1 aliphatic carbocycles. The zero-order valence-corrected chi connectivity index (χ0v) is 7.89. The summed E-state index contributed by atoms with van der Waals surface area (Å²) >= 11 is 3.56. The molecule has 0 nitrogen and oxygen atoms in total. The van der Waals surface area contributed by atoms with Gasteiger partial charge in [0.25, 0.3) is 0 Å². The van der Waals surface area contributed by atoms with E-state index in [4.69, 9.17) is 0 Å². The number of hydrogen-bond acceptors (Lipinski definition) is 0. The van der Waals surface area contributed by atoms with Crippen molar-refractivity contribution >= 4 is 15.9 Å². The highest BCUT2D eigenvalue weighted by atomic mass is 79.9. The largest absolute Gasteiger partial charge is 0.0842 e. The second-order valence-electron chi connectivity index (χ2n) is 2.60. The number of halogens is 1. The molecule has 0 aliphatic heterocycles. The summed E-state index contributed by atoms with van der Waals surface area (Å²) < 4.78 is 0. The van der Waals surface area contributed by atoms with Crippen LogP contribution in [-0.2, 0) is 0 Å². The van der Waals surface area contributed by atoms with Crippen LogP contribution in [0, 0.1) is 0 Å². The predicted octanol–water partition coefficient (Wildman–Crippen LogP) is 3.44. The van der Waals surface area contributed by atoms with Crippen molar-refractivity contribution < 1.29 is 0 Å². The van der Waals surface area contributed by atoms with Crippen LogP contribution in [0.15, 0.2) is 23.8 Å². The van der Waals surface area contributed by atoms with Crippen molar-refractivity contribution in [1.29, 1.82) is 0 Å². The van der Waals surface area contributed by atoms with Gasteiger partial charge in [0.05, 0.1) is 0 Å². The van der Waals surface area contributed by atoms with E-state index in [0.717, 1.165) is 12.8 Å². The van der Waals surface area contributed by atoms with Gasteiger partial charge in [0, 0.05) is 4.83 Å². The first-order valence-electron chi connectivity index (χ1n) is 3.81. The fraction of sp³-hybridized carbons (Fsp3) is 0.556. The molecule has 0 saturated carbocycles. The number of alkyl halides is 1. The molecule has 1 aliphatic rings. The Balaban J connectivity index is 2.55. The van der Waals surface area contributed by atoms with E-state index >= 15 is 0 Å². The van der Waals surface area contributed by atoms with Gasteiger partial charge < -0.3 is 0 Å². The smallest absolute Gasteiger partial charge is 0.0360 e. The third-order valence-electron chi connectivity index (χ3n) is 1.81. The number of hydrogen-bond donors (Lipinski definition) is 0. The van der Waals surface area contributed by atoms with Gasteiger partial charge in [0.15, 0.2) is 0 Å². The van der Waals surface area contributed by atoms with Gasteiger partial charge in [0.2, 0.25) is 0 Å². The van der Waals surface area contributed by atoms with Crippen LogP contribution in [0.4, 0.5) is 0 Å². The maximum atomic E-state index is 3.56. The first kappa shape index (κ1) is 8.06. The normalized spacial score (nSPS) is 25.8. The van der Waals surface area contributed by atoms with Crippen LogP contribution in [0.3, 0.4) is 0 Å². The minimum Gasteiger partial charge on any atom is -0.0842 e. The lowest BCUT2D eigenvalue weighted by atomic mass is 10.1. The molecular formula is C9H13Br.